The van der Waals surface area contributed by atoms with Crippen LogP contribution in [-0.4, -0.2) is 0 Å². The Hall–Kier alpha value is 0. The largest absolute Gasteiger partial charge is 0.0625 e. The Balaban J connectivity index is 1.80. The summed E-state index contributed by atoms with van der Waals surface area (Å²) in [5.74, 6) is 1.90. The van der Waals surface area contributed by atoms with Gasteiger partial charge in [-0.1, -0.05) is 46.0 Å². The molecule has 0 amide bonds. The minimum absolute atomic E-state index is 0.788. The van der Waals surface area contributed by atoms with Gasteiger partial charge in [-0.25, -0.2) is 0 Å². The first kappa shape index (κ1) is 9.09. The molecule has 0 atom stereocenters. The van der Waals surface area contributed by atoms with E-state index in [0.29, 0.717) is 0 Å². The molecule has 1 saturated carbocycles. The normalized spacial score (nSPS) is 18.8. The van der Waals surface area contributed by atoms with E-state index in [-0.39, 0.29) is 0 Å². The Morgan fingerprint density at radius 2 is 2.09 bits per heavy atom. The molecule has 0 aliphatic heterocycles. The zero-order valence-corrected chi connectivity index (χ0v) is 7.97. The molecule has 0 aromatic rings. The average molecular weight is 153 g/mol. The van der Waals surface area contributed by atoms with Crippen molar-refractivity contribution in [2.45, 2.75) is 52.4 Å². The van der Waals surface area contributed by atoms with Crippen LogP contribution in [0.5, 0.6) is 0 Å². The third kappa shape index (κ3) is 3.79. The minimum atomic E-state index is 0.788. The van der Waals surface area contributed by atoms with Gasteiger partial charge < -0.3 is 0 Å². The van der Waals surface area contributed by atoms with E-state index in [1.165, 1.54) is 38.5 Å². The molecule has 1 fully saturated rings. The molecule has 65 valence electrons. The second-order valence-corrected chi connectivity index (χ2v) is 4.21. The third-order valence-corrected chi connectivity index (χ3v) is 2.68. The van der Waals surface area contributed by atoms with Gasteiger partial charge in [0, 0.05) is 0 Å². The van der Waals surface area contributed by atoms with Crippen LogP contribution in [0.4, 0.5) is 0 Å². The van der Waals surface area contributed by atoms with Crippen molar-refractivity contribution < 1.29 is 0 Å². The van der Waals surface area contributed by atoms with E-state index in [1.807, 2.05) is 0 Å². The Morgan fingerprint density at radius 3 is 2.55 bits per heavy atom. The van der Waals surface area contributed by atoms with Gasteiger partial charge >= 0.3 is 0 Å². The maximum Gasteiger partial charge on any atom is -0.0360 e. The highest BCUT2D eigenvalue weighted by molar-refractivity contribution is 4.73. The summed E-state index contributed by atoms with van der Waals surface area (Å²) in [7, 11) is 0. The van der Waals surface area contributed by atoms with Gasteiger partial charge in [0.1, 0.15) is 0 Å². The van der Waals surface area contributed by atoms with Crippen molar-refractivity contribution in [2.24, 2.45) is 11.8 Å². The quantitative estimate of drug-likeness (QED) is 0.527. The first-order valence-electron chi connectivity index (χ1n) is 5.12. The molecular formula is C11H21. The average Bonchev–Trinajstić information content (AvgIpc) is 1.82. The maximum absolute atomic E-state index is 2.44. The van der Waals surface area contributed by atoms with E-state index >= 15 is 0 Å². The van der Waals surface area contributed by atoms with E-state index in [1.54, 1.807) is 0 Å². The van der Waals surface area contributed by atoms with Crippen LogP contribution in [-0.2, 0) is 0 Å². The number of hydrogen-bond acceptors (Lipinski definition) is 0. The molecule has 1 aliphatic carbocycles. The lowest BCUT2D eigenvalue weighted by atomic mass is 9.81. The summed E-state index contributed by atoms with van der Waals surface area (Å²) in [6.45, 7) is 4.53. The molecule has 0 aromatic heterocycles. The van der Waals surface area contributed by atoms with Gasteiger partial charge in [-0.15, -0.1) is 0 Å². The van der Waals surface area contributed by atoms with E-state index in [2.05, 4.69) is 20.3 Å². The summed E-state index contributed by atoms with van der Waals surface area (Å²) in [5.41, 5.74) is 0. The summed E-state index contributed by atoms with van der Waals surface area (Å²) in [5, 5.41) is 0. The van der Waals surface area contributed by atoms with E-state index in [9.17, 15) is 0 Å². The van der Waals surface area contributed by atoms with Crippen molar-refractivity contribution in [1.29, 1.82) is 0 Å². The zero-order valence-electron chi connectivity index (χ0n) is 7.97. The second-order valence-electron chi connectivity index (χ2n) is 4.21. The van der Waals surface area contributed by atoms with E-state index in [0.717, 1.165) is 11.8 Å². The fraction of sp³-hybridized carbons (Fsp3) is 0.909. The van der Waals surface area contributed by atoms with Crippen LogP contribution in [0.3, 0.4) is 0 Å². The molecule has 0 N–H and O–H groups in total. The maximum atomic E-state index is 2.44. The molecule has 0 saturated heterocycles. The highest BCUT2D eigenvalue weighted by Crippen LogP contribution is 2.31. The highest BCUT2D eigenvalue weighted by atomic mass is 14.2. The van der Waals surface area contributed by atoms with Gasteiger partial charge in [0.25, 0.3) is 0 Å². The molecule has 1 aliphatic rings. The van der Waals surface area contributed by atoms with Gasteiger partial charge in [-0.2, -0.15) is 0 Å². The highest BCUT2D eigenvalue weighted by Gasteiger charge is 2.16. The van der Waals surface area contributed by atoms with Gasteiger partial charge in [-0.3, -0.25) is 0 Å². The van der Waals surface area contributed by atoms with Crippen molar-refractivity contribution in [3.8, 4) is 0 Å². The van der Waals surface area contributed by atoms with Crippen LogP contribution >= 0.6 is 0 Å². The smallest absolute Gasteiger partial charge is 0.0360 e. The first-order chi connectivity index (χ1) is 5.29. The van der Waals surface area contributed by atoms with Crippen molar-refractivity contribution in [2.75, 3.05) is 0 Å². The number of hydrogen-bond donors (Lipinski definition) is 0. The minimum Gasteiger partial charge on any atom is -0.0625 e. The molecule has 0 heteroatoms. The first-order valence-corrected chi connectivity index (χ1v) is 5.12. The molecule has 0 nitrogen and oxygen atoms in total. The van der Waals surface area contributed by atoms with Gasteiger partial charge in [0.2, 0.25) is 0 Å². The lowest BCUT2D eigenvalue weighted by Gasteiger charge is -2.25. The van der Waals surface area contributed by atoms with Crippen LogP contribution in [0.15, 0.2) is 0 Å². The summed E-state index contributed by atoms with van der Waals surface area (Å²) >= 11 is 0. The molecule has 1 radical (unpaired) electrons. The Morgan fingerprint density at radius 1 is 1.36 bits per heavy atom. The third-order valence-electron chi connectivity index (χ3n) is 2.68. The van der Waals surface area contributed by atoms with Gasteiger partial charge in [0.05, 0.1) is 0 Å². The molecule has 1 rings (SSSR count). The number of unbranched alkanes of at least 4 members (excludes halogenated alkanes) is 1. The van der Waals surface area contributed by atoms with Crippen LogP contribution in [0.2, 0.25) is 0 Å². The van der Waals surface area contributed by atoms with Crippen LogP contribution in [0.25, 0.3) is 0 Å². The fourth-order valence-electron chi connectivity index (χ4n) is 1.64. The van der Waals surface area contributed by atoms with E-state index in [4.69, 9.17) is 0 Å². The molecule has 0 heterocycles. The SMILES string of the molecule is CC(C)[CH]CCCC1CCC1. The lowest BCUT2D eigenvalue weighted by molar-refractivity contribution is 0.289. The van der Waals surface area contributed by atoms with Crippen molar-refractivity contribution in [3.05, 3.63) is 6.42 Å². The van der Waals surface area contributed by atoms with Crippen molar-refractivity contribution in [3.63, 3.8) is 0 Å². The predicted octanol–water partition coefficient (Wildman–Crippen LogP) is 3.82. The molecule has 0 spiro atoms. The summed E-state index contributed by atoms with van der Waals surface area (Å²) in [4.78, 5) is 0. The molecule has 0 unspecified atom stereocenters. The Bertz CT molecular complexity index is 90.2. The standard InChI is InChI=1S/C11H21/c1-10(2)6-3-4-7-11-8-5-9-11/h6,10-11H,3-5,7-9H2,1-2H3. The van der Waals surface area contributed by atoms with Gasteiger partial charge in [-0.05, 0) is 24.7 Å². The van der Waals surface area contributed by atoms with Gasteiger partial charge in [0.15, 0.2) is 0 Å². The Kier molecular flexibility index (Phi) is 3.96. The topological polar surface area (TPSA) is 0 Å². The summed E-state index contributed by atoms with van der Waals surface area (Å²) in [6, 6.07) is 0. The monoisotopic (exact) mass is 153 g/mol. The zero-order chi connectivity index (χ0) is 8.10. The second kappa shape index (κ2) is 4.79. The molecule has 11 heavy (non-hydrogen) atoms. The molecule has 0 aromatic carbocycles. The molecular weight excluding hydrogens is 132 g/mol. The predicted molar refractivity (Wildman–Crippen MR) is 50.3 cm³/mol. The lowest BCUT2D eigenvalue weighted by Crippen LogP contribution is -2.10. The van der Waals surface area contributed by atoms with Crippen molar-refractivity contribution >= 4 is 0 Å². The van der Waals surface area contributed by atoms with Crippen LogP contribution in [0.1, 0.15) is 52.4 Å². The Labute approximate surface area is 71.4 Å². The van der Waals surface area contributed by atoms with Crippen molar-refractivity contribution in [1.82, 2.24) is 0 Å². The van der Waals surface area contributed by atoms with E-state index < -0.39 is 0 Å². The van der Waals surface area contributed by atoms with Crippen LogP contribution in [0, 0.1) is 18.3 Å². The van der Waals surface area contributed by atoms with Crippen LogP contribution < -0.4 is 0 Å². The summed E-state index contributed by atoms with van der Waals surface area (Å²) in [6.07, 6.45) is 11.2. The summed E-state index contributed by atoms with van der Waals surface area (Å²) < 4.78 is 0. The molecule has 0 bridgehead atoms. The fourth-order valence-corrected chi connectivity index (χ4v) is 1.64. The number of rotatable bonds is 5.